The standard InChI is InChI=1S/C16H25N3O3/c1-3-22-16(21)10-14-6-4-5-9-19(14)15(20)8-7-13-11-17-18(2)12-13/h11-12,14H,3-10H2,1-2H3/t14-/m1/s1. The van der Waals surface area contributed by atoms with Gasteiger partial charge in [-0.3, -0.25) is 14.3 Å². The smallest absolute Gasteiger partial charge is 0.307 e. The van der Waals surface area contributed by atoms with Gasteiger partial charge >= 0.3 is 5.97 Å². The molecule has 6 heteroatoms. The van der Waals surface area contributed by atoms with E-state index in [9.17, 15) is 9.59 Å². The number of amides is 1. The van der Waals surface area contributed by atoms with Gasteiger partial charge in [0.15, 0.2) is 0 Å². The summed E-state index contributed by atoms with van der Waals surface area (Å²) in [5, 5.41) is 4.11. The lowest BCUT2D eigenvalue weighted by atomic mass is 9.98. The zero-order valence-electron chi connectivity index (χ0n) is 13.5. The van der Waals surface area contributed by atoms with Crippen LogP contribution in [0.15, 0.2) is 12.4 Å². The summed E-state index contributed by atoms with van der Waals surface area (Å²) in [4.78, 5) is 26.0. The van der Waals surface area contributed by atoms with Crippen molar-refractivity contribution in [3.8, 4) is 0 Å². The molecule has 1 aromatic rings. The van der Waals surface area contributed by atoms with E-state index in [4.69, 9.17) is 4.74 Å². The molecule has 1 amide bonds. The lowest BCUT2D eigenvalue weighted by molar-refractivity contribution is -0.146. The fourth-order valence-corrected chi connectivity index (χ4v) is 2.95. The Balaban J connectivity index is 1.88. The summed E-state index contributed by atoms with van der Waals surface area (Å²) in [6.07, 6.45) is 8.15. The molecule has 0 spiro atoms. The first-order chi connectivity index (χ1) is 10.6. The Morgan fingerprint density at radius 3 is 2.91 bits per heavy atom. The average molecular weight is 307 g/mol. The van der Waals surface area contributed by atoms with Gasteiger partial charge < -0.3 is 9.64 Å². The largest absolute Gasteiger partial charge is 0.466 e. The number of likely N-dealkylation sites (tertiary alicyclic amines) is 1. The van der Waals surface area contributed by atoms with Gasteiger partial charge in [-0.25, -0.2) is 0 Å². The van der Waals surface area contributed by atoms with E-state index in [1.807, 2.05) is 18.1 Å². The molecule has 122 valence electrons. The number of esters is 1. The molecule has 0 aliphatic carbocycles. The minimum absolute atomic E-state index is 0.00537. The minimum atomic E-state index is -0.209. The van der Waals surface area contributed by atoms with E-state index in [1.165, 1.54) is 0 Å². The zero-order valence-corrected chi connectivity index (χ0v) is 13.5. The second-order valence-electron chi connectivity index (χ2n) is 5.77. The number of rotatable bonds is 6. The molecule has 0 radical (unpaired) electrons. The van der Waals surface area contributed by atoms with Crippen molar-refractivity contribution in [1.29, 1.82) is 0 Å². The molecule has 0 unspecified atom stereocenters. The second-order valence-corrected chi connectivity index (χ2v) is 5.77. The fraction of sp³-hybridized carbons (Fsp3) is 0.688. The highest BCUT2D eigenvalue weighted by Gasteiger charge is 2.28. The summed E-state index contributed by atoms with van der Waals surface area (Å²) in [6.45, 7) is 2.94. The van der Waals surface area contributed by atoms with Crippen molar-refractivity contribution in [2.45, 2.75) is 51.5 Å². The van der Waals surface area contributed by atoms with Gasteiger partial charge in [0.05, 0.1) is 19.2 Å². The van der Waals surface area contributed by atoms with Crippen LogP contribution < -0.4 is 0 Å². The van der Waals surface area contributed by atoms with Gasteiger partial charge in [-0.1, -0.05) is 0 Å². The van der Waals surface area contributed by atoms with Crippen molar-refractivity contribution in [2.75, 3.05) is 13.2 Å². The van der Waals surface area contributed by atoms with Crippen molar-refractivity contribution >= 4 is 11.9 Å². The van der Waals surface area contributed by atoms with Gasteiger partial charge in [0.2, 0.25) is 5.91 Å². The zero-order chi connectivity index (χ0) is 15.9. The van der Waals surface area contributed by atoms with Crippen LogP contribution in [-0.2, 0) is 27.8 Å². The van der Waals surface area contributed by atoms with Crippen LogP contribution in [0.25, 0.3) is 0 Å². The van der Waals surface area contributed by atoms with E-state index in [-0.39, 0.29) is 17.9 Å². The minimum Gasteiger partial charge on any atom is -0.466 e. The van der Waals surface area contributed by atoms with Crippen LogP contribution in [0.5, 0.6) is 0 Å². The highest BCUT2D eigenvalue weighted by atomic mass is 16.5. The number of hydrogen-bond acceptors (Lipinski definition) is 4. The maximum absolute atomic E-state index is 12.5. The van der Waals surface area contributed by atoms with E-state index < -0.39 is 0 Å². The molecule has 2 rings (SSSR count). The number of aromatic nitrogens is 2. The Morgan fingerprint density at radius 1 is 1.41 bits per heavy atom. The molecule has 1 atom stereocenters. The first kappa shape index (κ1) is 16.5. The van der Waals surface area contributed by atoms with E-state index in [2.05, 4.69) is 5.10 Å². The van der Waals surface area contributed by atoms with Crippen LogP contribution in [0, 0.1) is 0 Å². The Labute approximate surface area is 131 Å². The summed E-state index contributed by atoms with van der Waals surface area (Å²) < 4.78 is 6.76. The number of carbonyl (C=O) groups is 2. The fourth-order valence-electron chi connectivity index (χ4n) is 2.95. The third-order valence-electron chi connectivity index (χ3n) is 4.04. The maximum Gasteiger partial charge on any atom is 0.307 e. The van der Waals surface area contributed by atoms with Crippen molar-refractivity contribution < 1.29 is 14.3 Å². The van der Waals surface area contributed by atoms with E-state index in [0.29, 0.717) is 25.9 Å². The molecular formula is C16H25N3O3. The normalized spacial score (nSPS) is 18.3. The summed E-state index contributed by atoms with van der Waals surface area (Å²) in [5.74, 6) is -0.0858. The van der Waals surface area contributed by atoms with Gasteiger partial charge in [0.25, 0.3) is 0 Å². The SMILES string of the molecule is CCOC(=O)C[C@H]1CCCCN1C(=O)CCc1cnn(C)c1. The third kappa shape index (κ3) is 4.58. The maximum atomic E-state index is 12.5. The molecular weight excluding hydrogens is 282 g/mol. The quantitative estimate of drug-likeness (QED) is 0.750. The monoisotopic (exact) mass is 307 g/mol. The predicted molar refractivity (Wildman–Crippen MR) is 82.1 cm³/mol. The number of aryl methyl sites for hydroxylation is 2. The summed E-state index contributed by atoms with van der Waals surface area (Å²) >= 11 is 0. The van der Waals surface area contributed by atoms with Crippen molar-refractivity contribution in [3.63, 3.8) is 0 Å². The molecule has 1 fully saturated rings. The van der Waals surface area contributed by atoms with Crippen molar-refractivity contribution in [1.82, 2.24) is 14.7 Å². The third-order valence-corrected chi connectivity index (χ3v) is 4.04. The lowest BCUT2D eigenvalue weighted by Gasteiger charge is -2.35. The number of ether oxygens (including phenoxy) is 1. The molecule has 1 aliphatic heterocycles. The second kappa shape index (κ2) is 7.96. The van der Waals surface area contributed by atoms with Gasteiger partial charge in [-0.05, 0) is 38.2 Å². The van der Waals surface area contributed by atoms with Crippen LogP contribution in [0.4, 0.5) is 0 Å². The number of nitrogens with zero attached hydrogens (tertiary/aromatic N) is 3. The molecule has 0 saturated carbocycles. The van der Waals surface area contributed by atoms with E-state index in [0.717, 1.165) is 31.4 Å². The first-order valence-electron chi connectivity index (χ1n) is 8.02. The Morgan fingerprint density at radius 2 is 2.23 bits per heavy atom. The molecule has 1 aromatic heterocycles. The highest BCUT2D eigenvalue weighted by Crippen LogP contribution is 2.21. The van der Waals surface area contributed by atoms with E-state index in [1.54, 1.807) is 17.8 Å². The number of piperidine rings is 1. The predicted octanol–water partition coefficient (Wildman–Crippen LogP) is 1.69. The Bertz CT molecular complexity index is 512. The average Bonchev–Trinajstić information content (AvgIpc) is 2.91. The van der Waals surface area contributed by atoms with Crippen molar-refractivity contribution in [3.05, 3.63) is 18.0 Å². The molecule has 0 bridgehead atoms. The van der Waals surface area contributed by atoms with E-state index >= 15 is 0 Å². The van der Waals surface area contributed by atoms with Crippen LogP contribution in [0.3, 0.4) is 0 Å². The van der Waals surface area contributed by atoms with Gasteiger partial charge in [-0.2, -0.15) is 5.10 Å². The Kier molecular flexibility index (Phi) is 5.98. The first-order valence-corrected chi connectivity index (χ1v) is 8.02. The van der Waals surface area contributed by atoms with Gasteiger partial charge in [0.1, 0.15) is 0 Å². The summed E-state index contributed by atoms with van der Waals surface area (Å²) in [7, 11) is 1.87. The van der Waals surface area contributed by atoms with Gasteiger partial charge in [0, 0.05) is 32.3 Å². The Hall–Kier alpha value is -1.85. The number of hydrogen-bond donors (Lipinski definition) is 0. The van der Waals surface area contributed by atoms with Crippen LogP contribution in [0.2, 0.25) is 0 Å². The van der Waals surface area contributed by atoms with Crippen molar-refractivity contribution in [2.24, 2.45) is 7.05 Å². The molecule has 6 nitrogen and oxygen atoms in total. The molecule has 0 N–H and O–H groups in total. The lowest BCUT2D eigenvalue weighted by Crippen LogP contribution is -2.45. The summed E-state index contributed by atoms with van der Waals surface area (Å²) in [6, 6.07) is -0.00537. The topological polar surface area (TPSA) is 64.4 Å². The van der Waals surface area contributed by atoms with Crippen LogP contribution in [0.1, 0.15) is 44.6 Å². The molecule has 22 heavy (non-hydrogen) atoms. The van der Waals surface area contributed by atoms with Gasteiger partial charge in [-0.15, -0.1) is 0 Å². The summed E-state index contributed by atoms with van der Waals surface area (Å²) in [5.41, 5.74) is 1.06. The van der Waals surface area contributed by atoms with Crippen LogP contribution >= 0.6 is 0 Å². The number of carbonyl (C=O) groups excluding carboxylic acids is 2. The molecule has 0 aromatic carbocycles. The molecule has 2 heterocycles. The molecule has 1 saturated heterocycles. The highest BCUT2D eigenvalue weighted by molar-refractivity contribution is 5.78. The molecule has 1 aliphatic rings. The van der Waals surface area contributed by atoms with Crippen LogP contribution in [-0.4, -0.2) is 45.8 Å².